The van der Waals surface area contributed by atoms with E-state index in [4.69, 9.17) is 22.1 Å². The zero-order chi connectivity index (χ0) is 25.6. The van der Waals surface area contributed by atoms with Crippen molar-refractivity contribution < 1.29 is 42.1 Å². The van der Waals surface area contributed by atoms with E-state index in [1.165, 1.54) is 12.1 Å². The summed E-state index contributed by atoms with van der Waals surface area (Å²) in [7, 11) is 0. The van der Waals surface area contributed by atoms with Crippen LogP contribution in [-0.4, -0.2) is 52.8 Å². The van der Waals surface area contributed by atoms with Gasteiger partial charge in [-0.3, -0.25) is 4.79 Å². The molecule has 0 spiro atoms. The zero-order valence-corrected chi connectivity index (χ0v) is 19.0. The number of unbranched alkanes of at least 4 members (excludes halogenated alkanes) is 1. The van der Waals surface area contributed by atoms with Crippen molar-refractivity contribution in [1.82, 2.24) is 10.3 Å². The van der Waals surface area contributed by atoms with Crippen LogP contribution in [0.4, 0.5) is 13.2 Å². The Morgan fingerprint density at radius 2 is 1.88 bits per heavy atom. The van der Waals surface area contributed by atoms with E-state index in [1.807, 2.05) is 0 Å². The number of nitrogens with two attached hydrogens (primary N) is 1. The first kappa shape index (κ1) is 27.1. The van der Waals surface area contributed by atoms with Crippen molar-refractivity contribution in [2.45, 2.75) is 51.4 Å². The fourth-order valence-corrected chi connectivity index (χ4v) is 3.18. The van der Waals surface area contributed by atoms with Crippen LogP contribution in [0.2, 0.25) is 5.15 Å². The molecule has 0 saturated carbocycles. The highest BCUT2D eigenvalue weighted by Crippen LogP contribution is 2.35. The van der Waals surface area contributed by atoms with Crippen molar-refractivity contribution >= 4 is 40.2 Å². The second-order valence-electron chi connectivity index (χ2n) is 7.49. The second-order valence-corrected chi connectivity index (χ2v) is 7.85. The minimum absolute atomic E-state index is 0.123. The van der Waals surface area contributed by atoms with Gasteiger partial charge in [-0.25, -0.2) is 14.6 Å². The molecule has 186 valence electrons. The van der Waals surface area contributed by atoms with E-state index in [9.17, 15) is 32.7 Å². The maximum absolute atomic E-state index is 12.8. The van der Waals surface area contributed by atoms with Crippen LogP contribution < -0.4 is 15.8 Å². The normalized spacial score (nSPS) is 12.5. The van der Waals surface area contributed by atoms with Crippen LogP contribution in [0.25, 0.3) is 10.8 Å². The number of alkyl halides is 3. The van der Waals surface area contributed by atoms with Gasteiger partial charge in [0.15, 0.2) is 11.4 Å². The number of benzene rings is 1. The summed E-state index contributed by atoms with van der Waals surface area (Å²) in [5.41, 5.74) is 4.79. The first-order valence-electron chi connectivity index (χ1n) is 10.2. The number of carbonyl (C=O) groups excluding carboxylic acids is 3. The van der Waals surface area contributed by atoms with Crippen LogP contribution in [0.15, 0.2) is 18.2 Å². The van der Waals surface area contributed by atoms with Crippen molar-refractivity contribution in [1.29, 1.82) is 0 Å². The van der Waals surface area contributed by atoms with E-state index in [-0.39, 0.29) is 36.0 Å². The van der Waals surface area contributed by atoms with Gasteiger partial charge < -0.3 is 25.6 Å². The maximum Gasteiger partial charge on any atom is 0.491 e. The van der Waals surface area contributed by atoms with Gasteiger partial charge in [-0.1, -0.05) is 11.6 Å². The highest BCUT2D eigenvalue weighted by Gasteiger charge is 2.43. The predicted octanol–water partition coefficient (Wildman–Crippen LogP) is 3.24. The van der Waals surface area contributed by atoms with Crippen LogP contribution in [0, 0.1) is 0 Å². The summed E-state index contributed by atoms with van der Waals surface area (Å²) in [5.74, 6) is -5.67. The number of aromatic nitrogens is 1. The molecule has 0 aliphatic carbocycles. The number of hydrogen-bond donors (Lipinski definition) is 3. The van der Waals surface area contributed by atoms with Gasteiger partial charge in [0.1, 0.15) is 16.9 Å². The summed E-state index contributed by atoms with van der Waals surface area (Å²) >= 11 is 6.14. The number of fused-ring (bicyclic) bond motifs is 1. The van der Waals surface area contributed by atoms with Crippen molar-refractivity contribution in [3.63, 3.8) is 0 Å². The third kappa shape index (κ3) is 6.94. The number of nitrogens with zero attached hydrogens (tertiary/aromatic N) is 1. The molecule has 0 radical (unpaired) electrons. The Balaban J connectivity index is 2.35. The van der Waals surface area contributed by atoms with Gasteiger partial charge in [-0.15, -0.1) is 0 Å². The van der Waals surface area contributed by atoms with E-state index in [0.717, 1.165) is 0 Å². The molecule has 9 nitrogen and oxygen atoms in total. The molecule has 0 saturated heterocycles. The third-order valence-corrected chi connectivity index (χ3v) is 4.74. The molecule has 1 amide bonds. The average molecular weight is 506 g/mol. The third-order valence-electron chi connectivity index (χ3n) is 4.45. The number of rotatable bonds is 9. The SMILES string of the molecule is CC(C)Oc1ccc2c(Cl)nc(C(=O)N[C@H](CCCCN)C(=O)OC(=O)C(F)(F)F)c(O)c2c1. The molecular formula is C21H23ClF3N3O6. The number of pyridine rings is 1. The number of nitrogens with one attached hydrogen (secondary N) is 1. The summed E-state index contributed by atoms with van der Waals surface area (Å²) in [4.78, 5) is 39.8. The number of ether oxygens (including phenoxy) is 2. The molecule has 2 rings (SSSR count). The lowest BCUT2D eigenvalue weighted by Gasteiger charge is -2.18. The molecule has 0 fully saturated rings. The molecule has 0 aliphatic heterocycles. The van der Waals surface area contributed by atoms with Crippen molar-refractivity contribution in [3.8, 4) is 11.5 Å². The van der Waals surface area contributed by atoms with Crippen molar-refractivity contribution in [3.05, 3.63) is 29.0 Å². The van der Waals surface area contributed by atoms with Gasteiger partial charge in [0.25, 0.3) is 5.91 Å². The Labute approximate surface area is 197 Å². The van der Waals surface area contributed by atoms with Crippen LogP contribution in [0.5, 0.6) is 11.5 Å². The summed E-state index contributed by atoms with van der Waals surface area (Å²) in [6.45, 7) is 3.80. The second kappa shape index (κ2) is 11.3. The summed E-state index contributed by atoms with van der Waals surface area (Å²) in [6, 6.07) is 2.91. The smallest absolute Gasteiger partial charge is 0.491 e. The van der Waals surface area contributed by atoms with Crippen molar-refractivity contribution in [2.24, 2.45) is 5.73 Å². The standard InChI is InChI=1S/C21H23ClF3N3O6/c1-10(2)33-11-6-7-12-13(9-11)16(29)15(28-17(12)22)18(30)27-14(5-3-4-8-26)19(31)34-20(32)21(23,24)25/h6-7,9-10,14,29H,3-5,8,26H2,1-2H3,(H,27,30)/t14-/m1/s1. The fourth-order valence-electron chi connectivity index (χ4n) is 2.93. The van der Waals surface area contributed by atoms with Gasteiger partial charge in [-0.05, 0) is 57.9 Å². The molecule has 0 bridgehead atoms. The molecule has 0 aliphatic rings. The summed E-state index contributed by atoms with van der Waals surface area (Å²) < 4.78 is 46.8. The molecule has 4 N–H and O–H groups in total. The fraction of sp³-hybridized carbons (Fsp3) is 0.429. The number of amides is 1. The molecule has 1 aromatic carbocycles. The van der Waals surface area contributed by atoms with Gasteiger partial charge in [0.2, 0.25) is 0 Å². The van der Waals surface area contributed by atoms with E-state index in [2.05, 4.69) is 15.0 Å². The van der Waals surface area contributed by atoms with Crippen molar-refractivity contribution in [2.75, 3.05) is 6.54 Å². The molecule has 2 aromatic rings. The topological polar surface area (TPSA) is 141 Å². The number of esters is 2. The van der Waals surface area contributed by atoms with Gasteiger partial charge in [0, 0.05) is 10.8 Å². The number of carbonyl (C=O) groups is 3. The lowest BCUT2D eigenvalue weighted by Crippen LogP contribution is -2.44. The van der Waals surface area contributed by atoms with Gasteiger partial charge >= 0.3 is 18.1 Å². The average Bonchev–Trinajstić information content (AvgIpc) is 2.74. The van der Waals surface area contributed by atoms with Crippen LogP contribution in [0.1, 0.15) is 43.6 Å². The lowest BCUT2D eigenvalue weighted by atomic mass is 10.1. The molecule has 0 unspecified atom stereocenters. The molecular weight excluding hydrogens is 483 g/mol. The molecule has 34 heavy (non-hydrogen) atoms. The predicted molar refractivity (Wildman–Crippen MR) is 115 cm³/mol. The molecule has 1 aromatic heterocycles. The minimum Gasteiger partial charge on any atom is -0.505 e. The monoisotopic (exact) mass is 505 g/mol. The van der Waals surface area contributed by atoms with E-state index >= 15 is 0 Å². The Kier molecular flexibility index (Phi) is 9.05. The number of halogens is 4. The number of aromatic hydroxyl groups is 1. The molecule has 1 heterocycles. The number of hydrogen-bond acceptors (Lipinski definition) is 8. The highest BCUT2D eigenvalue weighted by atomic mass is 35.5. The first-order chi connectivity index (χ1) is 15.8. The first-order valence-corrected chi connectivity index (χ1v) is 10.6. The molecule has 1 atom stereocenters. The quantitative estimate of drug-likeness (QED) is 0.204. The largest absolute Gasteiger partial charge is 0.505 e. The van der Waals surface area contributed by atoms with E-state index in [1.54, 1.807) is 19.9 Å². The lowest BCUT2D eigenvalue weighted by molar-refractivity contribution is -0.202. The Morgan fingerprint density at radius 1 is 1.21 bits per heavy atom. The maximum atomic E-state index is 12.8. The van der Waals surface area contributed by atoms with Gasteiger partial charge in [0.05, 0.1) is 6.10 Å². The van der Waals surface area contributed by atoms with Gasteiger partial charge in [-0.2, -0.15) is 13.2 Å². The minimum atomic E-state index is -5.40. The highest BCUT2D eigenvalue weighted by molar-refractivity contribution is 6.35. The summed E-state index contributed by atoms with van der Waals surface area (Å²) in [5, 5.41) is 13.1. The van der Waals surface area contributed by atoms with Crippen LogP contribution in [0.3, 0.4) is 0 Å². The van der Waals surface area contributed by atoms with E-state index in [0.29, 0.717) is 17.6 Å². The van der Waals surface area contributed by atoms with Crippen LogP contribution in [-0.2, 0) is 14.3 Å². The zero-order valence-electron chi connectivity index (χ0n) is 18.2. The Bertz CT molecular complexity index is 1080. The van der Waals surface area contributed by atoms with Crippen LogP contribution >= 0.6 is 11.6 Å². The Morgan fingerprint density at radius 3 is 2.47 bits per heavy atom. The molecule has 13 heteroatoms. The summed E-state index contributed by atoms with van der Waals surface area (Å²) in [6.07, 6.45) is -5.15. The van der Waals surface area contributed by atoms with E-state index < -0.39 is 41.5 Å². The Hall–Kier alpha value is -3.12.